The zero-order chi connectivity index (χ0) is 29.6. The van der Waals surface area contributed by atoms with Crippen molar-refractivity contribution in [1.29, 1.82) is 5.26 Å². The molecule has 3 N–H and O–H groups in total. The summed E-state index contributed by atoms with van der Waals surface area (Å²) in [7, 11) is 0. The number of ether oxygens (including phenoxy) is 1. The molecule has 0 radical (unpaired) electrons. The van der Waals surface area contributed by atoms with Gasteiger partial charge >= 0.3 is 12.1 Å². The number of hydrogen-bond acceptors (Lipinski definition) is 6. The van der Waals surface area contributed by atoms with Crippen molar-refractivity contribution >= 4 is 17.5 Å². The first-order valence-corrected chi connectivity index (χ1v) is 11.9. The number of nitrogens with zero attached hydrogens (tertiary/aromatic N) is 2. The van der Waals surface area contributed by atoms with Crippen LogP contribution in [-0.2, 0) is 13.1 Å². The highest BCUT2D eigenvalue weighted by Crippen LogP contribution is 2.28. The number of H-pyrrole nitrogens is 1. The van der Waals surface area contributed by atoms with Crippen molar-refractivity contribution in [2.75, 3.05) is 5.32 Å². The molecule has 0 spiro atoms. The molecule has 0 saturated carbocycles. The number of aromatic nitrogens is 2. The van der Waals surface area contributed by atoms with E-state index >= 15 is 0 Å². The van der Waals surface area contributed by atoms with Crippen molar-refractivity contribution in [3.05, 3.63) is 128 Å². The van der Waals surface area contributed by atoms with Gasteiger partial charge in [0, 0.05) is 29.4 Å². The third-order valence-corrected chi connectivity index (χ3v) is 5.69. The first-order valence-electron chi connectivity index (χ1n) is 11.9. The molecule has 41 heavy (non-hydrogen) atoms. The van der Waals surface area contributed by atoms with Crippen molar-refractivity contribution in [1.82, 2.24) is 14.9 Å². The monoisotopic (exact) mass is 563 g/mol. The lowest BCUT2D eigenvalue weighted by molar-refractivity contribution is -0.274. The molecule has 2 amide bonds. The van der Waals surface area contributed by atoms with E-state index in [1.54, 1.807) is 30.3 Å². The fourth-order valence-corrected chi connectivity index (χ4v) is 3.76. The van der Waals surface area contributed by atoms with Crippen LogP contribution >= 0.6 is 0 Å². The van der Waals surface area contributed by atoms with E-state index in [9.17, 15) is 32.3 Å². The van der Waals surface area contributed by atoms with E-state index in [4.69, 9.17) is 5.26 Å². The molecule has 0 unspecified atom stereocenters. The third-order valence-electron chi connectivity index (χ3n) is 5.69. The van der Waals surface area contributed by atoms with Crippen molar-refractivity contribution in [2.24, 2.45) is 0 Å². The maximum Gasteiger partial charge on any atom is 0.573 e. The molecule has 4 rings (SSSR count). The summed E-state index contributed by atoms with van der Waals surface area (Å²) in [6, 6.07) is 20.6. The van der Waals surface area contributed by atoms with Crippen molar-refractivity contribution in [2.45, 2.75) is 19.5 Å². The molecule has 0 aliphatic heterocycles. The number of alkyl halides is 3. The second-order valence-corrected chi connectivity index (χ2v) is 8.60. The summed E-state index contributed by atoms with van der Waals surface area (Å²) in [5.41, 5.74) is -1.11. The van der Waals surface area contributed by atoms with Gasteiger partial charge in [-0.2, -0.15) is 5.26 Å². The minimum absolute atomic E-state index is 0.0290. The molecule has 1 heterocycles. The number of aromatic amines is 1. The van der Waals surface area contributed by atoms with Crippen LogP contribution in [0.4, 0.5) is 18.9 Å². The van der Waals surface area contributed by atoms with Gasteiger partial charge in [0.1, 0.15) is 11.4 Å². The molecule has 0 fully saturated rings. The molecule has 0 aliphatic carbocycles. The lowest BCUT2D eigenvalue weighted by Gasteiger charge is -2.15. The highest BCUT2D eigenvalue weighted by atomic mass is 19.4. The summed E-state index contributed by atoms with van der Waals surface area (Å²) in [5.74, 6) is -2.44. The van der Waals surface area contributed by atoms with Crippen molar-refractivity contribution in [3.8, 4) is 11.8 Å². The van der Waals surface area contributed by atoms with E-state index in [0.717, 1.165) is 22.8 Å². The summed E-state index contributed by atoms with van der Waals surface area (Å²) in [4.78, 5) is 52.5. The van der Waals surface area contributed by atoms with Gasteiger partial charge in [-0.1, -0.05) is 42.5 Å². The van der Waals surface area contributed by atoms with Gasteiger partial charge < -0.3 is 20.4 Å². The molecule has 3 aromatic carbocycles. The summed E-state index contributed by atoms with van der Waals surface area (Å²) < 4.78 is 44.3. The Morgan fingerprint density at radius 1 is 0.951 bits per heavy atom. The quantitative estimate of drug-likeness (QED) is 0.299. The lowest BCUT2D eigenvalue weighted by atomic mass is 10.1. The number of nitrogens with one attached hydrogen (secondary N) is 3. The molecule has 208 valence electrons. The number of carbonyl (C=O) groups excluding carboxylic acids is 2. The van der Waals surface area contributed by atoms with Gasteiger partial charge in [-0.15, -0.1) is 13.2 Å². The zero-order valence-electron chi connectivity index (χ0n) is 21.0. The molecular formula is C28H20F3N5O5. The molecule has 1 aromatic heterocycles. The lowest BCUT2D eigenvalue weighted by Crippen LogP contribution is -2.38. The van der Waals surface area contributed by atoms with Gasteiger partial charge in [0.15, 0.2) is 0 Å². The highest BCUT2D eigenvalue weighted by molar-refractivity contribution is 6.04. The number of halogens is 3. The highest BCUT2D eigenvalue weighted by Gasteiger charge is 2.32. The Kier molecular flexibility index (Phi) is 8.33. The Balaban J connectivity index is 1.51. The minimum atomic E-state index is -5.11. The Labute approximate surface area is 229 Å². The predicted molar refractivity (Wildman–Crippen MR) is 140 cm³/mol. The van der Waals surface area contributed by atoms with Gasteiger partial charge in [-0.25, -0.2) is 4.79 Å². The Morgan fingerprint density at radius 2 is 1.71 bits per heavy atom. The smallest absolute Gasteiger partial charge is 0.405 e. The van der Waals surface area contributed by atoms with Crippen LogP contribution in [0.15, 0.2) is 88.5 Å². The fraction of sp³-hybridized carbons (Fsp3) is 0.107. The number of rotatable bonds is 8. The molecule has 0 atom stereocenters. The first kappa shape index (κ1) is 28.4. The molecular weight excluding hydrogens is 543 g/mol. The Morgan fingerprint density at radius 3 is 2.39 bits per heavy atom. The van der Waals surface area contributed by atoms with Crippen LogP contribution in [0.1, 0.15) is 37.5 Å². The average Bonchev–Trinajstić information content (AvgIpc) is 2.93. The van der Waals surface area contributed by atoms with Crippen LogP contribution in [0.25, 0.3) is 0 Å². The van der Waals surface area contributed by atoms with E-state index < -0.39 is 47.4 Å². The number of amides is 2. The summed E-state index contributed by atoms with van der Waals surface area (Å²) >= 11 is 0. The number of anilines is 1. The second-order valence-electron chi connectivity index (χ2n) is 8.60. The first-order chi connectivity index (χ1) is 19.5. The van der Waals surface area contributed by atoms with Gasteiger partial charge in [-0.3, -0.25) is 19.0 Å². The van der Waals surface area contributed by atoms with E-state index in [1.807, 2.05) is 6.07 Å². The van der Waals surface area contributed by atoms with Crippen LogP contribution in [0.2, 0.25) is 0 Å². The zero-order valence-corrected chi connectivity index (χ0v) is 21.0. The van der Waals surface area contributed by atoms with Gasteiger partial charge in [0.05, 0.1) is 18.2 Å². The van der Waals surface area contributed by atoms with Gasteiger partial charge in [-0.05, 0) is 35.9 Å². The van der Waals surface area contributed by atoms with E-state index in [2.05, 4.69) is 20.4 Å². The van der Waals surface area contributed by atoms with E-state index in [0.29, 0.717) is 5.56 Å². The van der Waals surface area contributed by atoms with E-state index in [-0.39, 0.29) is 28.9 Å². The van der Waals surface area contributed by atoms with Crippen molar-refractivity contribution < 1.29 is 27.5 Å². The van der Waals surface area contributed by atoms with Crippen LogP contribution < -0.4 is 26.6 Å². The van der Waals surface area contributed by atoms with Crippen molar-refractivity contribution in [3.63, 3.8) is 0 Å². The molecule has 0 bridgehead atoms. The van der Waals surface area contributed by atoms with E-state index in [1.165, 1.54) is 30.3 Å². The summed E-state index contributed by atoms with van der Waals surface area (Å²) in [6.07, 6.45) is -5.11. The maximum absolute atomic E-state index is 13.1. The number of carbonyl (C=O) groups is 2. The number of nitriles is 1. The average molecular weight is 563 g/mol. The van der Waals surface area contributed by atoms with Crippen LogP contribution in [0.5, 0.6) is 5.75 Å². The number of hydrogen-bond donors (Lipinski definition) is 3. The van der Waals surface area contributed by atoms with Gasteiger partial charge in [0.2, 0.25) is 0 Å². The molecule has 4 aromatic rings. The minimum Gasteiger partial charge on any atom is -0.405 e. The van der Waals surface area contributed by atoms with Gasteiger partial charge in [0.25, 0.3) is 17.4 Å². The summed E-state index contributed by atoms with van der Waals surface area (Å²) in [5, 5.41) is 13.8. The van der Waals surface area contributed by atoms with Crippen LogP contribution in [0, 0.1) is 11.3 Å². The normalized spacial score (nSPS) is 10.9. The van der Waals surface area contributed by atoms with Crippen LogP contribution in [0.3, 0.4) is 0 Å². The second kappa shape index (κ2) is 12.0. The molecule has 13 heteroatoms. The Hall–Kier alpha value is -5.64. The third kappa shape index (κ3) is 7.48. The topological polar surface area (TPSA) is 146 Å². The fourth-order valence-electron chi connectivity index (χ4n) is 3.76. The predicted octanol–water partition coefficient (Wildman–Crippen LogP) is 3.54. The molecule has 0 saturated heterocycles. The molecule has 0 aliphatic rings. The SMILES string of the molecule is N#Cc1cccc(NC(=O)c2ccc(CNC(=O)c3cc(=O)n(Cc4ccccc4)c(=O)[nH]3)c(OC(F)(F)F)c2)c1. The standard InChI is InChI=1S/C28H20F3N5O5/c29-28(30,31)41-23-12-19(25(38)34-21-8-4-7-18(11-21)14-32)9-10-20(23)15-33-26(39)22-13-24(37)36(27(40)35-22)16-17-5-2-1-3-6-17/h1-13H,15-16H2,(H,33,39)(H,34,38)(H,35,40). The maximum atomic E-state index is 13.1. The number of benzene rings is 3. The van der Waals surface area contributed by atoms with Crippen LogP contribution in [-0.4, -0.2) is 27.7 Å². The largest absolute Gasteiger partial charge is 0.573 e. The summed E-state index contributed by atoms with van der Waals surface area (Å²) in [6.45, 7) is -0.524. The Bertz CT molecular complexity index is 1730. The molecule has 10 nitrogen and oxygen atoms in total.